The van der Waals surface area contributed by atoms with Gasteiger partial charge in [-0.2, -0.15) is 0 Å². The van der Waals surface area contributed by atoms with Gasteiger partial charge in [0, 0.05) is 18.1 Å². The zero-order valence-corrected chi connectivity index (χ0v) is 20.0. The van der Waals surface area contributed by atoms with Gasteiger partial charge in [-0.25, -0.2) is 0 Å². The number of rotatable bonds is 5. The van der Waals surface area contributed by atoms with Crippen LogP contribution in [0.5, 0.6) is 0 Å². The van der Waals surface area contributed by atoms with Crippen molar-refractivity contribution in [3.63, 3.8) is 0 Å². The van der Waals surface area contributed by atoms with Crippen molar-refractivity contribution in [2.45, 2.75) is 124 Å². The smallest absolute Gasteiger partial charge is 0.186 e. The van der Waals surface area contributed by atoms with Gasteiger partial charge in [0.25, 0.3) is 0 Å². The molecule has 3 heterocycles. The molecule has 14 nitrogen and oxygen atoms in total. The number of nitrogens with one attached hydrogen (secondary N) is 1. The summed E-state index contributed by atoms with van der Waals surface area (Å²) in [7, 11) is 1.63. The van der Waals surface area contributed by atoms with E-state index in [1.807, 2.05) is 0 Å². The summed E-state index contributed by atoms with van der Waals surface area (Å²) >= 11 is 0. The lowest BCUT2D eigenvalue weighted by Gasteiger charge is -2.51. The first kappa shape index (κ1) is 27.5. The molecule has 3 saturated heterocycles. The number of likely N-dealkylation sites (N-methyl/N-ethyl adjacent to an activating group) is 1. The van der Waals surface area contributed by atoms with E-state index in [4.69, 9.17) is 46.6 Å². The van der Waals surface area contributed by atoms with Crippen LogP contribution in [0.1, 0.15) is 26.2 Å². The quantitative estimate of drug-likeness (QED) is 0.169. The maximum Gasteiger partial charge on any atom is 0.186 e. The van der Waals surface area contributed by atoms with Crippen LogP contribution in [0.25, 0.3) is 0 Å². The number of nitrogens with two attached hydrogens (primary N) is 4. The third-order valence-electron chi connectivity index (χ3n) is 7.58. The Kier molecular flexibility index (Phi) is 8.67. The van der Waals surface area contributed by atoms with E-state index in [2.05, 4.69) is 5.32 Å². The lowest BCUT2D eigenvalue weighted by Crippen LogP contribution is -2.69. The summed E-state index contributed by atoms with van der Waals surface area (Å²) in [5.41, 5.74) is 24.2. The normalized spacial score (nSPS) is 55.4. The third-order valence-corrected chi connectivity index (χ3v) is 7.58. The second-order valence-corrected chi connectivity index (χ2v) is 10.2. The Labute approximate surface area is 204 Å². The minimum absolute atomic E-state index is 0.248. The molecule has 0 spiro atoms. The molecule has 4 fully saturated rings. The summed E-state index contributed by atoms with van der Waals surface area (Å²) in [5, 5.41) is 45.0. The standard InChI is InChI=1S/C21H41N5O9/c1-6-7(22)4-11(27)20(31-6)35-21-13(26-2)15(29)18-12(32-21)5-10(25)19(34-18)33-17-9(24)3-8(23)14(28)16(17)30/h6-21,26-30H,3-5,22-25H2,1-2H3/t6?,7-,8?,9?,10-,11-,12-,13?,14?,15?,16?,17?,18?,19?,20?,21?/m0/s1. The maximum absolute atomic E-state index is 11.1. The van der Waals surface area contributed by atoms with E-state index in [1.54, 1.807) is 14.0 Å². The molecule has 0 aromatic heterocycles. The van der Waals surface area contributed by atoms with E-state index < -0.39 is 85.8 Å². The van der Waals surface area contributed by atoms with Crippen LogP contribution in [0.3, 0.4) is 0 Å². The molecule has 0 amide bonds. The second kappa shape index (κ2) is 11.0. The molecule has 0 bridgehead atoms. The van der Waals surface area contributed by atoms with Gasteiger partial charge < -0.3 is 72.4 Å². The van der Waals surface area contributed by atoms with E-state index in [0.29, 0.717) is 6.42 Å². The van der Waals surface area contributed by atoms with Gasteiger partial charge in [-0.05, 0) is 33.2 Å². The fourth-order valence-corrected chi connectivity index (χ4v) is 5.33. The predicted molar refractivity (Wildman–Crippen MR) is 120 cm³/mol. The maximum atomic E-state index is 11.1. The molecular weight excluding hydrogens is 466 g/mol. The minimum atomic E-state index is -1.31. The summed E-state index contributed by atoms with van der Waals surface area (Å²) in [6.07, 6.45) is -9.43. The topological polar surface area (TPSA) is 243 Å². The Morgan fingerprint density at radius 1 is 0.714 bits per heavy atom. The zero-order chi connectivity index (χ0) is 25.6. The molecule has 35 heavy (non-hydrogen) atoms. The fourth-order valence-electron chi connectivity index (χ4n) is 5.33. The first-order chi connectivity index (χ1) is 16.5. The highest BCUT2D eigenvalue weighted by Gasteiger charge is 2.53. The molecule has 3 aliphatic heterocycles. The largest absolute Gasteiger partial charge is 0.389 e. The number of aliphatic hydroxyl groups excluding tert-OH is 4. The zero-order valence-electron chi connectivity index (χ0n) is 20.0. The average Bonchev–Trinajstić information content (AvgIpc) is 2.79. The average molecular weight is 508 g/mol. The monoisotopic (exact) mass is 507 g/mol. The Hall–Kier alpha value is -0.560. The highest BCUT2D eigenvalue weighted by atomic mass is 16.8. The fraction of sp³-hybridized carbons (Fsp3) is 1.00. The van der Waals surface area contributed by atoms with E-state index in [-0.39, 0.29) is 25.0 Å². The van der Waals surface area contributed by atoms with Gasteiger partial charge in [-0.3, -0.25) is 0 Å². The minimum Gasteiger partial charge on any atom is -0.389 e. The van der Waals surface area contributed by atoms with Crippen molar-refractivity contribution >= 4 is 0 Å². The molecule has 1 aliphatic carbocycles. The lowest BCUT2D eigenvalue weighted by molar-refractivity contribution is -0.366. The van der Waals surface area contributed by atoms with E-state index in [9.17, 15) is 20.4 Å². The predicted octanol–water partition coefficient (Wildman–Crippen LogP) is -4.89. The van der Waals surface area contributed by atoms with E-state index in [0.717, 1.165) is 0 Å². The van der Waals surface area contributed by atoms with Crippen molar-refractivity contribution in [2.24, 2.45) is 22.9 Å². The van der Waals surface area contributed by atoms with E-state index >= 15 is 0 Å². The number of hydrogen-bond donors (Lipinski definition) is 9. The van der Waals surface area contributed by atoms with Crippen LogP contribution in [0.2, 0.25) is 0 Å². The first-order valence-corrected chi connectivity index (χ1v) is 12.2. The molecule has 13 N–H and O–H groups in total. The number of hydrogen-bond acceptors (Lipinski definition) is 14. The highest BCUT2D eigenvalue weighted by molar-refractivity contribution is 5.01. The molecule has 4 aliphatic rings. The summed E-state index contributed by atoms with van der Waals surface area (Å²) in [5.74, 6) is 0. The summed E-state index contributed by atoms with van der Waals surface area (Å²) in [6, 6.07) is -3.03. The SMILES string of the molecule is CNC1C(OC2OC(C)[C@@H](N)C[C@@H]2O)O[C@H]2C[C@H](N)C(OC3C(N)CC(N)C(O)C3O)OC2C1O. The van der Waals surface area contributed by atoms with Gasteiger partial charge in [-0.15, -0.1) is 0 Å². The van der Waals surface area contributed by atoms with Crippen LogP contribution in [-0.4, -0.2) is 125 Å². The Bertz CT molecular complexity index is 710. The molecule has 16 atom stereocenters. The lowest BCUT2D eigenvalue weighted by atomic mass is 9.84. The van der Waals surface area contributed by atoms with Crippen molar-refractivity contribution in [2.75, 3.05) is 7.05 Å². The third kappa shape index (κ3) is 5.51. The van der Waals surface area contributed by atoms with Crippen LogP contribution >= 0.6 is 0 Å². The molecule has 4 rings (SSSR count). The van der Waals surface area contributed by atoms with Crippen LogP contribution in [0, 0.1) is 0 Å². The van der Waals surface area contributed by atoms with Crippen molar-refractivity contribution in [1.82, 2.24) is 5.32 Å². The van der Waals surface area contributed by atoms with Crippen LogP contribution in [0.15, 0.2) is 0 Å². The van der Waals surface area contributed by atoms with E-state index in [1.165, 1.54) is 0 Å². The molecule has 1 saturated carbocycles. The van der Waals surface area contributed by atoms with Gasteiger partial charge >= 0.3 is 0 Å². The molecule has 12 unspecified atom stereocenters. The van der Waals surface area contributed by atoms with Crippen LogP contribution < -0.4 is 28.3 Å². The Morgan fingerprint density at radius 2 is 1.43 bits per heavy atom. The summed E-state index contributed by atoms with van der Waals surface area (Å²) in [4.78, 5) is 0. The van der Waals surface area contributed by atoms with Gasteiger partial charge in [0.1, 0.15) is 30.5 Å². The van der Waals surface area contributed by atoms with Gasteiger partial charge in [0.15, 0.2) is 18.9 Å². The Morgan fingerprint density at radius 3 is 2.11 bits per heavy atom. The Balaban J connectivity index is 1.42. The van der Waals surface area contributed by atoms with Gasteiger partial charge in [-0.1, -0.05) is 0 Å². The van der Waals surface area contributed by atoms with Crippen molar-refractivity contribution < 1.29 is 44.1 Å². The number of aliphatic hydroxyl groups is 4. The first-order valence-electron chi connectivity index (χ1n) is 12.2. The molecule has 14 heteroatoms. The molecular formula is C21H41N5O9. The number of ether oxygens (including phenoxy) is 5. The molecule has 0 aromatic rings. The highest BCUT2D eigenvalue weighted by Crippen LogP contribution is 2.35. The molecule has 0 radical (unpaired) electrons. The van der Waals surface area contributed by atoms with Crippen LogP contribution in [0.4, 0.5) is 0 Å². The number of fused-ring (bicyclic) bond motifs is 1. The van der Waals surface area contributed by atoms with Crippen molar-refractivity contribution in [3.05, 3.63) is 0 Å². The molecule has 204 valence electrons. The second-order valence-electron chi connectivity index (χ2n) is 10.2. The van der Waals surface area contributed by atoms with Gasteiger partial charge in [0.05, 0.1) is 30.4 Å². The van der Waals surface area contributed by atoms with Crippen molar-refractivity contribution in [3.8, 4) is 0 Å². The summed E-state index contributed by atoms with van der Waals surface area (Å²) in [6.45, 7) is 1.80. The summed E-state index contributed by atoms with van der Waals surface area (Å²) < 4.78 is 29.7. The van der Waals surface area contributed by atoms with Gasteiger partial charge in [0.2, 0.25) is 0 Å². The van der Waals surface area contributed by atoms with Crippen LogP contribution in [-0.2, 0) is 23.7 Å². The molecule has 0 aromatic carbocycles. The van der Waals surface area contributed by atoms with Crippen molar-refractivity contribution in [1.29, 1.82) is 0 Å².